The Bertz CT molecular complexity index is 313. The minimum Gasteiger partial charge on any atom is -0.0884 e. The molecule has 12 heavy (non-hydrogen) atoms. The smallest absolute Gasteiger partial charge is 0.0221 e. The topological polar surface area (TPSA) is 0 Å². The van der Waals surface area contributed by atoms with Gasteiger partial charge in [0.1, 0.15) is 0 Å². The second kappa shape index (κ2) is 3.06. The highest BCUT2D eigenvalue weighted by Crippen LogP contribution is 2.34. The molecule has 0 saturated carbocycles. The largest absolute Gasteiger partial charge is 0.0884 e. The van der Waals surface area contributed by atoms with Crippen molar-refractivity contribution in [1.29, 1.82) is 0 Å². The molecule has 0 aromatic heterocycles. The first kappa shape index (κ1) is 8.06. The predicted octanol–water partition coefficient (Wildman–Crippen LogP) is 3.38. The Balaban J connectivity index is 2.42. The van der Waals surface area contributed by atoms with Gasteiger partial charge < -0.3 is 0 Å². The third-order valence-electron chi connectivity index (χ3n) is 2.23. The van der Waals surface area contributed by atoms with Crippen LogP contribution in [0.15, 0.2) is 24.3 Å². The maximum Gasteiger partial charge on any atom is 0.0221 e. The van der Waals surface area contributed by atoms with E-state index in [1.54, 1.807) is 0 Å². The Morgan fingerprint density at radius 1 is 1.58 bits per heavy atom. The van der Waals surface area contributed by atoms with E-state index in [-0.39, 0.29) is 0 Å². The molecule has 0 fully saturated rings. The number of hydrogen-bond donors (Lipinski definition) is 0. The van der Waals surface area contributed by atoms with E-state index in [4.69, 9.17) is 0 Å². The molecule has 1 heteroatoms. The molecule has 1 aromatic carbocycles. The Morgan fingerprint density at radius 2 is 2.42 bits per heavy atom. The van der Waals surface area contributed by atoms with Gasteiger partial charge in [-0.05, 0) is 17.2 Å². The molecule has 1 aliphatic carbocycles. The standard InChI is InChI=1S/C11H10Br/c1-8(12)10-7-6-9-4-2-3-5-11(9)10/h2-4,6-8,10H,1H3. The number of fused-ring (bicyclic) bond motifs is 1. The molecule has 0 bridgehead atoms. The highest BCUT2D eigenvalue weighted by molar-refractivity contribution is 9.09. The summed E-state index contributed by atoms with van der Waals surface area (Å²) in [4.78, 5) is 0.494. The van der Waals surface area contributed by atoms with Crippen LogP contribution in [-0.4, -0.2) is 4.83 Å². The molecule has 0 spiro atoms. The minimum absolute atomic E-state index is 0.494. The van der Waals surface area contributed by atoms with Crippen molar-refractivity contribution in [3.8, 4) is 0 Å². The van der Waals surface area contributed by atoms with Crippen molar-refractivity contribution in [1.82, 2.24) is 0 Å². The van der Waals surface area contributed by atoms with Crippen LogP contribution in [-0.2, 0) is 0 Å². The Labute approximate surface area is 81.4 Å². The number of rotatable bonds is 1. The molecule has 0 heterocycles. The zero-order valence-corrected chi connectivity index (χ0v) is 8.51. The summed E-state index contributed by atoms with van der Waals surface area (Å²) in [6.07, 6.45) is 4.41. The normalized spacial score (nSPS) is 22.3. The molecule has 2 atom stereocenters. The molecule has 1 aromatic rings. The van der Waals surface area contributed by atoms with Crippen LogP contribution >= 0.6 is 15.9 Å². The first-order chi connectivity index (χ1) is 5.79. The lowest BCUT2D eigenvalue weighted by molar-refractivity contribution is 0.850. The Morgan fingerprint density at radius 3 is 3.17 bits per heavy atom. The molecule has 1 aliphatic rings. The number of alkyl halides is 1. The summed E-state index contributed by atoms with van der Waals surface area (Å²) in [5, 5.41) is 0. The van der Waals surface area contributed by atoms with Crippen LogP contribution in [0.5, 0.6) is 0 Å². The second-order valence-corrected chi connectivity index (χ2v) is 4.55. The Hall–Kier alpha value is -0.560. The molecule has 0 saturated heterocycles. The van der Waals surface area contributed by atoms with Crippen LogP contribution in [0.4, 0.5) is 0 Å². The van der Waals surface area contributed by atoms with E-state index in [1.807, 2.05) is 12.1 Å². The summed E-state index contributed by atoms with van der Waals surface area (Å²) in [7, 11) is 0. The minimum atomic E-state index is 0.494. The van der Waals surface area contributed by atoms with Crippen molar-refractivity contribution in [2.75, 3.05) is 0 Å². The summed E-state index contributed by atoms with van der Waals surface area (Å²) in [6, 6.07) is 9.44. The number of benzene rings is 1. The van der Waals surface area contributed by atoms with Crippen molar-refractivity contribution < 1.29 is 0 Å². The summed E-state index contributed by atoms with van der Waals surface area (Å²) < 4.78 is 0. The van der Waals surface area contributed by atoms with Gasteiger partial charge in [0.05, 0.1) is 0 Å². The van der Waals surface area contributed by atoms with Gasteiger partial charge in [0.2, 0.25) is 0 Å². The van der Waals surface area contributed by atoms with Gasteiger partial charge in [-0.2, -0.15) is 0 Å². The number of halogens is 1. The van der Waals surface area contributed by atoms with E-state index in [0.29, 0.717) is 10.7 Å². The molecule has 2 unspecified atom stereocenters. The molecule has 0 amide bonds. The maximum absolute atomic E-state index is 3.60. The highest BCUT2D eigenvalue weighted by Gasteiger charge is 2.20. The van der Waals surface area contributed by atoms with Crippen molar-refractivity contribution >= 4 is 22.0 Å². The maximum atomic E-state index is 3.60. The average molecular weight is 222 g/mol. The molecular weight excluding hydrogens is 212 g/mol. The van der Waals surface area contributed by atoms with Crippen molar-refractivity contribution in [2.45, 2.75) is 17.7 Å². The SMILES string of the molecule is CC(Br)C1C=Cc2ccc[c]c21. The van der Waals surface area contributed by atoms with Gasteiger partial charge in [-0.3, -0.25) is 0 Å². The fourth-order valence-electron chi connectivity index (χ4n) is 1.58. The van der Waals surface area contributed by atoms with Crippen LogP contribution in [0, 0.1) is 6.07 Å². The van der Waals surface area contributed by atoms with Gasteiger partial charge in [-0.1, -0.05) is 53.2 Å². The van der Waals surface area contributed by atoms with Gasteiger partial charge in [-0.25, -0.2) is 0 Å². The van der Waals surface area contributed by atoms with Gasteiger partial charge in [-0.15, -0.1) is 0 Å². The summed E-state index contributed by atoms with van der Waals surface area (Å²) in [5.41, 5.74) is 2.63. The van der Waals surface area contributed by atoms with E-state index in [1.165, 1.54) is 11.1 Å². The molecule has 0 N–H and O–H groups in total. The van der Waals surface area contributed by atoms with Gasteiger partial charge in [0.15, 0.2) is 0 Å². The molecule has 0 aliphatic heterocycles. The lowest BCUT2D eigenvalue weighted by atomic mass is 9.99. The number of hydrogen-bond acceptors (Lipinski definition) is 0. The first-order valence-corrected chi connectivity index (χ1v) is 5.03. The summed E-state index contributed by atoms with van der Waals surface area (Å²) in [6.45, 7) is 2.17. The second-order valence-electron chi connectivity index (χ2n) is 3.10. The molecular formula is C11H10Br. The van der Waals surface area contributed by atoms with Gasteiger partial charge >= 0.3 is 0 Å². The van der Waals surface area contributed by atoms with E-state index in [0.717, 1.165) is 0 Å². The zero-order chi connectivity index (χ0) is 8.55. The molecule has 1 radical (unpaired) electrons. The van der Waals surface area contributed by atoms with E-state index in [9.17, 15) is 0 Å². The monoisotopic (exact) mass is 221 g/mol. The Kier molecular flexibility index (Phi) is 2.05. The van der Waals surface area contributed by atoms with Gasteiger partial charge in [0, 0.05) is 10.7 Å². The van der Waals surface area contributed by atoms with Crippen molar-refractivity contribution in [2.24, 2.45) is 0 Å². The van der Waals surface area contributed by atoms with E-state index >= 15 is 0 Å². The van der Waals surface area contributed by atoms with E-state index < -0.39 is 0 Å². The summed E-state index contributed by atoms with van der Waals surface area (Å²) >= 11 is 3.60. The highest BCUT2D eigenvalue weighted by atomic mass is 79.9. The van der Waals surface area contributed by atoms with Crippen LogP contribution in [0.3, 0.4) is 0 Å². The van der Waals surface area contributed by atoms with Gasteiger partial charge in [0.25, 0.3) is 0 Å². The number of allylic oxidation sites excluding steroid dienone is 1. The van der Waals surface area contributed by atoms with Crippen molar-refractivity contribution in [3.05, 3.63) is 41.5 Å². The van der Waals surface area contributed by atoms with Crippen LogP contribution in [0.25, 0.3) is 6.08 Å². The first-order valence-electron chi connectivity index (χ1n) is 4.12. The van der Waals surface area contributed by atoms with Crippen LogP contribution < -0.4 is 0 Å². The third-order valence-corrected chi connectivity index (χ3v) is 2.80. The fraction of sp³-hybridized carbons (Fsp3) is 0.273. The van der Waals surface area contributed by atoms with Crippen molar-refractivity contribution in [3.63, 3.8) is 0 Å². The fourth-order valence-corrected chi connectivity index (χ4v) is 2.02. The molecule has 61 valence electrons. The third kappa shape index (κ3) is 1.22. The molecule has 0 nitrogen and oxygen atoms in total. The quantitative estimate of drug-likeness (QED) is 0.639. The van der Waals surface area contributed by atoms with Crippen LogP contribution in [0.2, 0.25) is 0 Å². The summed E-state index contributed by atoms with van der Waals surface area (Å²) in [5.74, 6) is 0.501. The van der Waals surface area contributed by atoms with Crippen LogP contribution in [0.1, 0.15) is 24.0 Å². The van der Waals surface area contributed by atoms with E-state index in [2.05, 4.69) is 47.1 Å². The molecule has 2 rings (SSSR count). The average Bonchev–Trinajstić information content (AvgIpc) is 2.47. The lowest BCUT2D eigenvalue weighted by Gasteiger charge is -2.12. The lowest BCUT2D eigenvalue weighted by Crippen LogP contribution is -2.03. The predicted molar refractivity (Wildman–Crippen MR) is 55.4 cm³/mol. The zero-order valence-electron chi connectivity index (χ0n) is 6.92.